The van der Waals surface area contributed by atoms with E-state index < -0.39 is 0 Å². The van der Waals surface area contributed by atoms with Crippen LogP contribution in [0.4, 0.5) is 5.69 Å². The molecule has 0 aliphatic carbocycles. The lowest BCUT2D eigenvalue weighted by Crippen LogP contribution is -2.26. The van der Waals surface area contributed by atoms with Crippen LogP contribution in [0.5, 0.6) is 0 Å². The number of methoxy groups -OCH3 is 2. The quantitative estimate of drug-likeness (QED) is 0.661. The Kier molecular flexibility index (Phi) is 8.85. The van der Waals surface area contributed by atoms with Gasteiger partial charge in [0, 0.05) is 50.6 Å². The monoisotopic (exact) mass is 344 g/mol. The van der Waals surface area contributed by atoms with Crippen LogP contribution >= 0.6 is 15.9 Å². The van der Waals surface area contributed by atoms with Gasteiger partial charge in [0.2, 0.25) is 0 Å². The predicted molar refractivity (Wildman–Crippen MR) is 87.5 cm³/mol. The van der Waals surface area contributed by atoms with E-state index in [9.17, 15) is 0 Å². The van der Waals surface area contributed by atoms with E-state index in [1.54, 1.807) is 14.2 Å². The van der Waals surface area contributed by atoms with Crippen molar-refractivity contribution >= 4 is 21.6 Å². The normalized spacial score (nSPS) is 10.8. The van der Waals surface area contributed by atoms with E-state index in [0.717, 1.165) is 43.9 Å². The predicted octanol–water partition coefficient (Wildman–Crippen LogP) is 2.66. The number of anilines is 1. The van der Waals surface area contributed by atoms with Crippen LogP contribution in [-0.2, 0) is 16.0 Å². The highest BCUT2D eigenvalue weighted by Gasteiger charge is 2.07. The smallest absolute Gasteiger partial charge is 0.0637 e. The number of hydrogen-bond acceptors (Lipinski definition) is 4. The first-order valence-electron chi connectivity index (χ1n) is 6.94. The molecule has 5 heteroatoms. The van der Waals surface area contributed by atoms with Crippen LogP contribution in [0.2, 0.25) is 0 Å². The van der Waals surface area contributed by atoms with Crippen LogP contribution in [0.3, 0.4) is 0 Å². The molecule has 0 saturated carbocycles. The zero-order valence-electron chi connectivity index (χ0n) is 12.6. The third kappa shape index (κ3) is 5.79. The fourth-order valence-corrected chi connectivity index (χ4v) is 2.45. The van der Waals surface area contributed by atoms with Crippen molar-refractivity contribution in [2.45, 2.75) is 13.5 Å². The van der Waals surface area contributed by atoms with Crippen molar-refractivity contribution in [3.63, 3.8) is 0 Å². The molecule has 0 fully saturated rings. The van der Waals surface area contributed by atoms with Gasteiger partial charge in [-0.15, -0.1) is 0 Å². The summed E-state index contributed by atoms with van der Waals surface area (Å²) >= 11 is 3.65. The molecule has 4 nitrogen and oxygen atoms in total. The molecule has 1 aromatic rings. The van der Waals surface area contributed by atoms with Crippen molar-refractivity contribution in [3.05, 3.63) is 28.2 Å². The van der Waals surface area contributed by atoms with Gasteiger partial charge in [-0.25, -0.2) is 0 Å². The lowest BCUT2D eigenvalue weighted by molar-refractivity contribution is 0.199. The van der Waals surface area contributed by atoms with Crippen LogP contribution in [-0.4, -0.2) is 47.1 Å². The van der Waals surface area contributed by atoms with E-state index in [1.165, 1.54) is 11.3 Å². The van der Waals surface area contributed by atoms with E-state index in [1.807, 2.05) is 0 Å². The van der Waals surface area contributed by atoms with Gasteiger partial charge in [-0.2, -0.15) is 0 Å². The Hall–Kier alpha value is -0.620. The molecule has 0 radical (unpaired) electrons. The molecular formula is C15H25BrN2O2. The molecule has 0 heterocycles. The molecular weight excluding hydrogens is 320 g/mol. The lowest BCUT2D eigenvalue weighted by atomic mass is 10.2. The maximum atomic E-state index is 5.15. The van der Waals surface area contributed by atoms with Crippen LogP contribution in [0, 0.1) is 0 Å². The third-order valence-electron chi connectivity index (χ3n) is 3.15. The number of halogens is 1. The van der Waals surface area contributed by atoms with Crippen LogP contribution < -0.4 is 10.2 Å². The molecule has 0 unspecified atom stereocenters. The van der Waals surface area contributed by atoms with Crippen LogP contribution in [0.15, 0.2) is 22.7 Å². The molecule has 1 N–H and O–H groups in total. The Morgan fingerprint density at radius 2 is 1.95 bits per heavy atom. The summed E-state index contributed by atoms with van der Waals surface area (Å²) in [4.78, 5) is 2.30. The number of ether oxygens (including phenoxy) is 2. The summed E-state index contributed by atoms with van der Waals surface area (Å²) in [6.45, 7) is 7.21. The van der Waals surface area contributed by atoms with Gasteiger partial charge in [-0.3, -0.25) is 0 Å². The van der Waals surface area contributed by atoms with Gasteiger partial charge in [0.15, 0.2) is 0 Å². The molecule has 20 heavy (non-hydrogen) atoms. The topological polar surface area (TPSA) is 33.7 Å². The van der Waals surface area contributed by atoms with Crippen molar-refractivity contribution in [2.24, 2.45) is 0 Å². The van der Waals surface area contributed by atoms with E-state index >= 15 is 0 Å². The first-order chi connectivity index (χ1) is 9.72. The second kappa shape index (κ2) is 10.2. The number of rotatable bonds is 10. The average molecular weight is 345 g/mol. The first-order valence-corrected chi connectivity index (χ1v) is 7.74. The second-order valence-corrected chi connectivity index (χ2v) is 5.37. The maximum Gasteiger partial charge on any atom is 0.0637 e. The number of benzene rings is 1. The van der Waals surface area contributed by atoms with Gasteiger partial charge >= 0.3 is 0 Å². The Balaban J connectivity index is 2.61. The third-order valence-corrected chi connectivity index (χ3v) is 3.89. The summed E-state index contributed by atoms with van der Waals surface area (Å²) < 4.78 is 11.3. The highest BCUT2D eigenvalue weighted by Crippen LogP contribution is 2.24. The van der Waals surface area contributed by atoms with E-state index in [4.69, 9.17) is 9.47 Å². The van der Waals surface area contributed by atoms with E-state index in [2.05, 4.69) is 51.3 Å². The largest absolute Gasteiger partial charge is 0.383 e. The van der Waals surface area contributed by atoms with Crippen molar-refractivity contribution < 1.29 is 9.47 Å². The highest BCUT2D eigenvalue weighted by molar-refractivity contribution is 9.10. The van der Waals surface area contributed by atoms with Crippen molar-refractivity contribution in [3.8, 4) is 0 Å². The van der Waals surface area contributed by atoms with Crippen LogP contribution in [0.25, 0.3) is 0 Å². The molecule has 0 saturated heterocycles. The van der Waals surface area contributed by atoms with Crippen molar-refractivity contribution in [1.82, 2.24) is 5.32 Å². The van der Waals surface area contributed by atoms with E-state index in [0.29, 0.717) is 0 Å². The molecule has 0 amide bonds. The lowest BCUT2D eigenvalue weighted by Gasteiger charge is -2.23. The average Bonchev–Trinajstić information content (AvgIpc) is 2.46. The SMILES string of the molecule is CCN(CCOC)c1ccc(CNCCOC)c(Br)c1. The number of nitrogens with one attached hydrogen (secondary N) is 1. The molecule has 0 aliphatic rings. The fourth-order valence-electron chi connectivity index (χ4n) is 1.94. The maximum absolute atomic E-state index is 5.15. The van der Waals surface area contributed by atoms with Gasteiger partial charge in [-0.1, -0.05) is 22.0 Å². The summed E-state index contributed by atoms with van der Waals surface area (Å²) in [5.74, 6) is 0. The van der Waals surface area contributed by atoms with Gasteiger partial charge in [0.1, 0.15) is 0 Å². The van der Waals surface area contributed by atoms with E-state index in [-0.39, 0.29) is 0 Å². The zero-order chi connectivity index (χ0) is 14.8. The van der Waals surface area contributed by atoms with Crippen molar-refractivity contribution in [1.29, 1.82) is 0 Å². The molecule has 0 aliphatic heterocycles. The minimum absolute atomic E-state index is 0.732. The van der Waals surface area contributed by atoms with Gasteiger partial charge in [0.25, 0.3) is 0 Å². The highest BCUT2D eigenvalue weighted by atomic mass is 79.9. The Bertz CT molecular complexity index is 388. The molecule has 0 spiro atoms. The fraction of sp³-hybridized carbons (Fsp3) is 0.600. The molecule has 1 aromatic carbocycles. The molecule has 0 atom stereocenters. The standard InChI is InChI=1S/C15H25BrN2O2/c1-4-18(8-10-20-3)14-6-5-13(15(16)11-14)12-17-7-9-19-2/h5-6,11,17H,4,7-10,12H2,1-3H3. The summed E-state index contributed by atoms with van der Waals surface area (Å²) in [7, 11) is 3.45. The molecule has 0 aromatic heterocycles. The van der Waals surface area contributed by atoms with Gasteiger partial charge < -0.3 is 19.7 Å². The summed E-state index contributed by atoms with van der Waals surface area (Å²) in [6.07, 6.45) is 0. The zero-order valence-corrected chi connectivity index (χ0v) is 14.2. The number of hydrogen-bond donors (Lipinski definition) is 1. The number of nitrogens with zero attached hydrogens (tertiary/aromatic N) is 1. The summed E-state index contributed by atoms with van der Waals surface area (Å²) in [5.41, 5.74) is 2.48. The second-order valence-electron chi connectivity index (χ2n) is 4.52. The molecule has 114 valence electrons. The summed E-state index contributed by atoms with van der Waals surface area (Å²) in [6, 6.07) is 6.50. The molecule has 0 bridgehead atoms. The Morgan fingerprint density at radius 1 is 1.20 bits per heavy atom. The first kappa shape index (κ1) is 17.4. The van der Waals surface area contributed by atoms with Crippen LogP contribution in [0.1, 0.15) is 12.5 Å². The van der Waals surface area contributed by atoms with Crippen molar-refractivity contribution in [2.75, 3.05) is 52.0 Å². The van der Waals surface area contributed by atoms with Gasteiger partial charge in [0.05, 0.1) is 13.2 Å². The summed E-state index contributed by atoms with van der Waals surface area (Å²) in [5, 5.41) is 3.35. The molecule has 1 rings (SSSR count). The Morgan fingerprint density at radius 3 is 2.55 bits per heavy atom. The minimum Gasteiger partial charge on any atom is -0.383 e. The Labute approximate surface area is 130 Å². The minimum atomic E-state index is 0.732. The number of likely N-dealkylation sites (N-methyl/N-ethyl adjacent to an activating group) is 1. The van der Waals surface area contributed by atoms with Gasteiger partial charge in [-0.05, 0) is 24.6 Å².